The minimum Gasteiger partial charge on any atom is -0.379 e. The van der Waals surface area contributed by atoms with Crippen LogP contribution < -0.4 is 5.32 Å². The topological polar surface area (TPSA) is 12.0 Å². The lowest BCUT2D eigenvalue weighted by atomic mass is 9.87. The third kappa shape index (κ3) is 2.36. The molecule has 0 spiro atoms. The van der Waals surface area contributed by atoms with E-state index in [1.165, 1.54) is 6.42 Å². The van der Waals surface area contributed by atoms with Gasteiger partial charge in [-0.3, -0.25) is 0 Å². The Balaban J connectivity index is 1.77. The van der Waals surface area contributed by atoms with Crippen LogP contribution in [0.2, 0.25) is 5.02 Å². The molecular formula is C15H16ClF2N. The summed E-state index contributed by atoms with van der Waals surface area (Å²) < 4.78 is 26.8. The molecule has 3 rings (SSSR count). The summed E-state index contributed by atoms with van der Waals surface area (Å²) in [4.78, 5) is 0. The van der Waals surface area contributed by atoms with Crippen molar-refractivity contribution in [2.24, 2.45) is 17.8 Å². The molecule has 0 heterocycles. The van der Waals surface area contributed by atoms with Gasteiger partial charge in [-0.2, -0.15) is 0 Å². The quantitative estimate of drug-likeness (QED) is 0.798. The standard InChI is InChI=1S/C15H16ClF2N/c1-8(12-5-9-2-3-10(12)4-9)19-15-13(16)6-11(17)7-14(15)18/h2-3,6-10,12,19H,4-5H2,1H3. The van der Waals surface area contributed by atoms with E-state index in [0.717, 1.165) is 18.6 Å². The maximum atomic E-state index is 13.7. The van der Waals surface area contributed by atoms with Crippen LogP contribution in [0.25, 0.3) is 0 Å². The predicted molar refractivity (Wildman–Crippen MR) is 73.3 cm³/mol. The Hall–Kier alpha value is -1.09. The van der Waals surface area contributed by atoms with Gasteiger partial charge in [-0.05, 0) is 43.6 Å². The van der Waals surface area contributed by atoms with Crippen LogP contribution in [-0.4, -0.2) is 6.04 Å². The Morgan fingerprint density at radius 3 is 2.63 bits per heavy atom. The number of rotatable bonds is 3. The maximum Gasteiger partial charge on any atom is 0.150 e. The van der Waals surface area contributed by atoms with Gasteiger partial charge in [0.15, 0.2) is 5.82 Å². The number of fused-ring (bicyclic) bond motifs is 2. The number of anilines is 1. The molecule has 4 atom stereocenters. The molecule has 0 amide bonds. The lowest BCUT2D eigenvalue weighted by Gasteiger charge is -2.27. The molecule has 0 aromatic heterocycles. The third-order valence-electron chi connectivity index (χ3n) is 4.35. The Kier molecular flexibility index (Phi) is 3.25. The first kappa shape index (κ1) is 12.9. The van der Waals surface area contributed by atoms with E-state index >= 15 is 0 Å². The van der Waals surface area contributed by atoms with Gasteiger partial charge in [-0.25, -0.2) is 8.78 Å². The molecule has 2 aliphatic rings. The summed E-state index contributed by atoms with van der Waals surface area (Å²) in [5, 5.41) is 3.22. The molecule has 4 heteroatoms. The van der Waals surface area contributed by atoms with Crippen molar-refractivity contribution >= 4 is 17.3 Å². The SMILES string of the molecule is CC(Nc1c(F)cc(F)cc1Cl)C1CC2C=CC1C2. The fourth-order valence-electron chi connectivity index (χ4n) is 3.41. The van der Waals surface area contributed by atoms with E-state index in [1.807, 2.05) is 6.92 Å². The van der Waals surface area contributed by atoms with Gasteiger partial charge in [0.1, 0.15) is 5.82 Å². The van der Waals surface area contributed by atoms with Gasteiger partial charge >= 0.3 is 0 Å². The van der Waals surface area contributed by atoms with E-state index in [-0.39, 0.29) is 16.8 Å². The summed E-state index contributed by atoms with van der Waals surface area (Å²) in [6.07, 6.45) is 6.88. The fraction of sp³-hybridized carbons (Fsp3) is 0.467. The molecule has 0 saturated heterocycles. The van der Waals surface area contributed by atoms with Crippen LogP contribution in [0.1, 0.15) is 19.8 Å². The fourth-order valence-corrected chi connectivity index (χ4v) is 3.66. The van der Waals surface area contributed by atoms with E-state index in [0.29, 0.717) is 17.8 Å². The highest BCUT2D eigenvalue weighted by atomic mass is 35.5. The average molecular weight is 284 g/mol. The Morgan fingerprint density at radius 1 is 1.26 bits per heavy atom. The van der Waals surface area contributed by atoms with Crippen LogP contribution >= 0.6 is 11.6 Å². The summed E-state index contributed by atoms with van der Waals surface area (Å²) in [7, 11) is 0. The van der Waals surface area contributed by atoms with Gasteiger partial charge in [-0.15, -0.1) is 0 Å². The second kappa shape index (κ2) is 4.78. The van der Waals surface area contributed by atoms with E-state index in [4.69, 9.17) is 11.6 Å². The van der Waals surface area contributed by atoms with Crippen LogP contribution in [0.3, 0.4) is 0 Å². The van der Waals surface area contributed by atoms with Crippen molar-refractivity contribution in [3.63, 3.8) is 0 Å². The number of hydrogen-bond donors (Lipinski definition) is 1. The lowest BCUT2D eigenvalue weighted by Crippen LogP contribution is -2.29. The van der Waals surface area contributed by atoms with Crippen LogP contribution in [0.5, 0.6) is 0 Å². The molecular weight excluding hydrogens is 268 g/mol. The number of nitrogens with one attached hydrogen (secondary N) is 1. The molecule has 2 bridgehead atoms. The van der Waals surface area contributed by atoms with Gasteiger partial charge in [0, 0.05) is 12.1 Å². The van der Waals surface area contributed by atoms with Gasteiger partial charge in [0.05, 0.1) is 10.7 Å². The summed E-state index contributed by atoms with van der Waals surface area (Å²) in [5.74, 6) is 0.470. The number of allylic oxidation sites excluding steroid dienone is 2. The smallest absolute Gasteiger partial charge is 0.150 e. The molecule has 102 valence electrons. The molecule has 19 heavy (non-hydrogen) atoms. The largest absolute Gasteiger partial charge is 0.379 e. The third-order valence-corrected chi connectivity index (χ3v) is 4.65. The first-order valence-corrected chi connectivity index (χ1v) is 7.02. The molecule has 1 aromatic carbocycles. The van der Waals surface area contributed by atoms with E-state index < -0.39 is 11.6 Å². The van der Waals surface area contributed by atoms with E-state index in [1.54, 1.807) is 0 Å². The number of halogens is 3. The molecule has 1 nitrogen and oxygen atoms in total. The van der Waals surface area contributed by atoms with E-state index in [2.05, 4.69) is 17.5 Å². The van der Waals surface area contributed by atoms with Gasteiger partial charge in [-0.1, -0.05) is 23.8 Å². The maximum absolute atomic E-state index is 13.7. The summed E-state index contributed by atoms with van der Waals surface area (Å²) in [6.45, 7) is 2.04. The second-order valence-electron chi connectivity index (χ2n) is 5.62. The van der Waals surface area contributed by atoms with Crippen molar-refractivity contribution in [1.29, 1.82) is 0 Å². The van der Waals surface area contributed by atoms with Gasteiger partial charge < -0.3 is 5.32 Å². The highest BCUT2D eigenvalue weighted by Gasteiger charge is 2.38. The normalized spacial score (nSPS) is 29.8. The minimum atomic E-state index is -0.649. The summed E-state index contributed by atoms with van der Waals surface area (Å²) >= 11 is 5.91. The summed E-state index contributed by atoms with van der Waals surface area (Å²) in [6, 6.07) is 2.12. The van der Waals surface area contributed by atoms with Crippen molar-refractivity contribution in [2.45, 2.75) is 25.8 Å². The van der Waals surface area contributed by atoms with Crippen LogP contribution in [0.4, 0.5) is 14.5 Å². The zero-order chi connectivity index (χ0) is 13.6. The molecule has 1 fully saturated rings. The molecule has 4 unspecified atom stereocenters. The molecule has 0 radical (unpaired) electrons. The van der Waals surface area contributed by atoms with Crippen molar-refractivity contribution < 1.29 is 8.78 Å². The van der Waals surface area contributed by atoms with Crippen molar-refractivity contribution in [3.8, 4) is 0 Å². The lowest BCUT2D eigenvalue weighted by molar-refractivity contribution is 0.398. The highest BCUT2D eigenvalue weighted by Crippen LogP contribution is 2.45. The van der Waals surface area contributed by atoms with Crippen molar-refractivity contribution in [1.82, 2.24) is 0 Å². The second-order valence-corrected chi connectivity index (χ2v) is 6.03. The van der Waals surface area contributed by atoms with Gasteiger partial charge in [0.2, 0.25) is 0 Å². The average Bonchev–Trinajstić information content (AvgIpc) is 2.95. The zero-order valence-electron chi connectivity index (χ0n) is 10.7. The molecule has 0 aliphatic heterocycles. The Bertz CT molecular complexity index is 506. The molecule has 1 aromatic rings. The monoisotopic (exact) mass is 283 g/mol. The predicted octanol–water partition coefficient (Wildman–Crippen LogP) is 4.63. The van der Waals surface area contributed by atoms with Crippen LogP contribution in [-0.2, 0) is 0 Å². The summed E-state index contributed by atoms with van der Waals surface area (Å²) in [5.41, 5.74) is 0.210. The molecule has 1 N–H and O–H groups in total. The molecule has 2 aliphatic carbocycles. The van der Waals surface area contributed by atoms with Gasteiger partial charge in [0.25, 0.3) is 0 Å². The highest BCUT2D eigenvalue weighted by molar-refractivity contribution is 6.33. The Labute approximate surface area is 116 Å². The number of benzene rings is 1. The molecule has 1 saturated carbocycles. The first-order chi connectivity index (χ1) is 9.04. The number of hydrogen-bond acceptors (Lipinski definition) is 1. The minimum absolute atomic E-state index is 0.100. The van der Waals surface area contributed by atoms with E-state index in [9.17, 15) is 8.78 Å². The van der Waals surface area contributed by atoms with Crippen LogP contribution in [0, 0.1) is 29.4 Å². The van der Waals surface area contributed by atoms with Crippen molar-refractivity contribution in [3.05, 3.63) is 40.9 Å². The van der Waals surface area contributed by atoms with Crippen molar-refractivity contribution in [2.75, 3.05) is 5.32 Å². The Morgan fingerprint density at radius 2 is 2.05 bits per heavy atom. The zero-order valence-corrected chi connectivity index (χ0v) is 11.4. The first-order valence-electron chi connectivity index (χ1n) is 6.64. The van der Waals surface area contributed by atoms with Crippen LogP contribution in [0.15, 0.2) is 24.3 Å².